The molecule has 2 fully saturated rings. The Morgan fingerprint density at radius 1 is 1.07 bits per heavy atom. The number of piperidine rings is 1. The zero-order valence-electron chi connectivity index (χ0n) is 15.7. The van der Waals surface area contributed by atoms with Crippen molar-refractivity contribution in [1.29, 1.82) is 0 Å². The smallest absolute Gasteiger partial charge is 0.180 e. The van der Waals surface area contributed by atoms with E-state index in [-0.39, 0.29) is 17.2 Å². The van der Waals surface area contributed by atoms with Crippen LogP contribution in [-0.4, -0.2) is 34.9 Å². The van der Waals surface area contributed by atoms with Gasteiger partial charge in [0, 0.05) is 17.5 Å². The van der Waals surface area contributed by atoms with E-state index in [9.17, 15) is 9.90 Å². The van der Waals surface area contributed by atoms with E-state index >= 15 is 0 Å². The number of benzene rings is 2. The molecule has 3 nitrogen and oxygen atoms in total. The minimum Gasteiger partial charge on any atom is -0.508 e. The summed E-state index contributed by atoms with van der Waals surface area (Å²) in [5, 5.41) is 10.1. The number of likely N-dealkylation sites (tertiary alicyclic amines) is 1. The van der Waals surface area contributed by atoms with Crippen LogP contribution in [0.4, 0.5) is 0 Å². The van der Waals surface area contributed by atoms with Gasteiger partial charge in [0.1, 0.15) is 5.75 Å². The van der Waals surface area contributed by atoms with Crippen LogP contribution in [0.25, 0.3) is 0 Å². The van der Waals surface area contributed by atoms with Crippen molar-refractivity contribution in [2.24, 2.45) is 5.92 Å². The van der Waals surface area contributed by atoms with Crippen LogP contribution < -0.4 is 0 Å². The van der Waals surface area contributed by atoms with E-state index < -0.39 is 0 Å². The second kappa shape index (κ2) is 6.49. The van der Waals surface area contributed by atoms with E-state index in [0.717, 1.165) is 49.9 Å². The molecule has 2 aromatic carbocycles. The van der Waals surface area contributed by atoms with Gasteiger partial charge < -0.3 is 5.11 Å². The number of aromatic hydroxyl groups is 1. The van der Waals surface area contributed by atoms with Crippen LogP contribution in [0.15, 0.2) is 48.5 Å². The van der Waals surface area contributed by atoms with Crippen molar-refractivity contribution in [2.75, 3.05) is 13.1 Å². The number of hydrogen-bond acceptors (Lipinski definition) is 3. The zero-order chi connectivity index (χ0) is 18.4. The lowest BCUT2D eigenvalue weighted by atomic mass is 9.52. The second-order valence-electron chi connectivity index (χ2n) is 8.57. The van der Waals surface area contributed by atoms with E-state index in [1.54, 1.807) is 6.07 Å². The number of Topliss-reactive ketones (excluding diaryl/α,β-unsaturated/α-hetero) is 1. The van der Waals surface area contributed by atoms with E-state index in [4.69, 9.17) is 0 Å². The predicted molar refractivity (Wildman–Crippen MR) is 106 cm³/mol. The lowest BCUT2D eigenvalue weighted by molar-refractivity contribution is -0.00215. The molecule has 3 atom stereocenters. The highest BCUT2D eigenvalue weighted by Gasteiger charge is 2.56. The summed E-state index contributed by atoms with van der Waals surface area (Å²) in [6.45, 7) is 1.93. The highest BCUT2D eigenvalue weighted by molar-refractivity contribution is 6.04. The third-order valence-corrected chi connectivity index (χ3v) is 7.32. The summed E-state index contributed by atoms with van der Waals surface area (Å²) >= 11 is 0. The van der Waals surface area contributed by atoms with Gasteiger partial charge in [-0.15, -0.1) is 0 Å². The first-order chi connectivity index (χ1) is 13.2. The zero-order valence-corrected chi connectivity index (χ0v) is 15.7. The Morgan fingerprint density at radius 2 is 1.93 bits per heavy atom. The van der Waals surface area contributed by atoms with Crippen LogP contribution >= 0.6 is 0 Å². The van der Waals surface area contributed by atoms with Gasteiger partial charge in [0.05, 0.1) is 6.04 Å². The summed E-state index contributed by atoms with van der Waals surface area (Å²) in [5.41, 5.74) is 3.43. The molecule has 5 rings (SSSR count). The molecular formula is C24H27NO2. The molecule has 3 heteroatoms. The molecule has 0 spiro atoms. The summed E-state index contributed by atoms with van der Waals surface area (Å²) in [6.07, 6.45) is 6.84. The maximum absolute atomic E-state index is 13.5. The minimum absolute atomic E-state index is 0.0137. The summed E-state index contributed by atoms with van der Waals surface area (Å²) in [4.78, 5) is 15.9. The Kier molecular flexibility index (Phi) is 4.08. The average molecular weight is 361 g/mol. The van der Waals surface area contributed by atoms with E-state index in [1.807, 2.05) is 12.1 Å². The number of phenols is 1. The summed E-state index contributed by atoms with van der Waals surface area (Å²) < 4.78 is 0. The lowest BCUT2D eigenvalue weighted by Gasteiger charge is -2.58. The van der Waals surface area contributed by atoms with Gasteiger partial charge in [-0.3, -0.25) is 9.69 Å². The van der Waals surface area contributed by atoms with Gasteiger partial charge in [0.25, 0.3) is 0 Å². The monoisotopic (exact) mass is 361 g/mol. The molecule has 0 amide bonds. The molecule has 1 aliphatic heterocycles. The molecule has 0 radical (unpaired) electrons. The van der Waals surface area contributed by atoms with Gasteiger partial charge >= 0.3 is 0 Å². The van der Waals surface area contributed by atoms with Crippen molar-refractivity contribution < 1.29 is 9.90 Å². The Morgan fingerprint density at radius 3 is 2.78 bits per heavy atom. The van der Waals surface area contributed by atoms with Crippen LogP contribution in [0, 0.1) is 5.92 Å². The molecule has 1 saturated carbocycles. The van der Waals surface area contributed by atoms with E-state index in [1.165, 1.54) is 18.4 Å². The molecule has 1 saturated heterocycles. The Labute approximate surface area is 161 Å². The van der Waals surface area contributed by atoms with Crippen molar-refractivity contribution in [3.05, 3.63) is 65.2 Å². The van der Waals surface area contributed by atoms with Crippen molar-refractivity contribution in [3.8, 4) is 5.75 Å². The third-order valence-electron chi connectivity index (χ3n) is 7.32. The molecule has 0 unspecified atom stereocenters. The topological polar surface area (TPSA) is 40.5 Å². The second-order valence-corrected chi connectivity index (χ2v) is 8.57. The van der Waals surface area contributed by atoms with Crippen LogP contribution in [-0.2, 0) is 11.8 Å². The van der Waals surface area contributed by atoms with Gasteiger partial charge in [0.2, 0.25) is 0 Å². The van der Waals surface area contributed by atoms with Gasteiger partial charge in [-0.1, -0.05) is 43.2 Å². The van der Waals surface area contributed by atoms with Crippen LogP contribution in [0.2, 0.25) is 0 Å². The highest BCUT2D eigenvalue weighted by Crippen LogP contribution is 2.56. The molecule has 2 aromatic rings. The van der Waals surface area contributed by atoms with Crippen molar-refractivity contribution in [1.82, 2.24) is 4.90 Å². The van der Waals surface area contributed by atoms with Gasteiger partial charge in [-0.05, 0) is 67.5 Å². The third kappa shape index (κ3) is 2.63. The SMILES string of the molecule is O=C1c2ccc(O)cc2[C@@]23CCCC[C@H]2[C@H]1N(CCc1ccccc1)CC3. The number of carbonyl (C=O) groups excluding carboxylic acids is 1. The average Bonchev–Trinajstić information content (AvgIpc) is 2.71. The molecule has 3 aliphatic rings. The molecule has 140 valence electrons. The van der Waals surface area contributed by atoms with E-state index in [2.05, 4.69) is 35.2 Å². The molecule has 1 heterocycles. The number of carbonyl (C=O) groups is 1. The summed E-state index contributed by atoms with van der Waals surface area (Å²) in [7, 11) is 0. The number of rotatable bonds is 3. The standard InChI is InChI=1S/C24H27NO2/c26-18-9-10-19-21(16-18)24-12-5-4-8-20(24)22(23(19)27)25(15-13-24)14-11-17-6-2-1-3-7-17/h1-3,6-7,9-10,16,20,22,26H,4-5,8,11-15H2/t20-,22+,24+/m0/s1. The lowest BCUT2D eigenvalue weighted by Crippen LogP contribution is -2.63. The van der Waals surface area contributed by atoms with Crippen molar-refractivity contribution in [2.45, 2.75) is 50.0 Å². The number of nitrogens with zero attached hydrogens (tertiary/aromatic N) is 1. The van der Waals surface area contributed by atoms with Crippen LogP contribution in [0.1, 0.15) is 53.6 Å². The molecule has 27 heavy (non-hydrogen) atoms. The molecular weight excluding hydrogens is 334 g/mol. The maximum atomic E-state index is 13.5. The first-order valence-electron chi connectivity index (χ1n) is 10.3. The van der Waals surface area contributed by atoms with Crippen LogP contribution in [0.3, 0.4) is 0 Å². The Bertz CT molecular complexity index is 862. The van der Waals surface area contributed by atoms with Gasteiger partial charge in [-0.25, -0.2) is 0 Å². The largest absolute Gasteiger partial charge is 0.508 e. The summed E-state index contributed by atoms with van der Waals surface area (Å²) in [6, 6.07) is 16.0. The Hall–Kier alpha value is -2.13. The first kappa shape index (κ1) is 17.0. The van der Waals surface area contributed by atoms with E-state index in [0.29, 0.717) is 11.7 Å². The number of ketones is 1. The van der Waals surface area contributed by atoms with Crippen molar-refractivity contribution >= 4 is 5.78 Å². The predicted octanol–water partition coefficient (Wildman–Crippen LogP) is 4.33. The fraction of sp³-hybridized carbons (Fsp3) is 0.458. The molecule has 2 bridgehead atoms. The quantitative estimate of drug-likeness (QED) is 0.884. The summed E-state index contributed by atoms with van der Waals surface area (Å²) in [5.74, 6) is 0.975. The fourth-order valence-electron chi connectivity index (χ4n) is 6.08. The maximum Gasteiger partial charge on any atom is 0.180 e. The molecule has 0 aromatic heterocycles. The molecule has 2 aliphatic carbocycles. The highest BCUT2D eigenvalue weighted by atomic mass is 16.3. The fourth-order valence-corrected chi connectivity index (χ4v) is 6.08. The Balaban J connectivity index is 1.50. The van der Waals surface area contributed by atoms with Crippen molar-refractivity contribution in [3.63, 3.8) is 0 Å². The van der Waals surface area contributed by atoms with Crippen LogP contribution in [0.5, 0.6) is 5.75 Å². The minimum atomic E-state index is 0.0137. The number of hydrogen-bond donors (Lipinski definition) is 1. The van der Waals surface area contributed by atoms with Gasteiger partial charge in [0.15, 0.2) is 5.78 Å². The van der Waals surface area contributed by atoms with Gasteiger partial charge in [-0.2, -0.15) is 0 Å². The number of phenolic OH excluding ortho intramolecular Hbond substituents is 1. The first-order valence-corrected chi connectivity index (χ1v) is 10.3. The number of fused-ring (bicyclic) bond motifs is 1. The normalized spacial score (nSPS) is 29.9. The molecule has 1 N–H and O–H groups in total.